The Morgan fingerprint density at radius 2 is 1.29 bits per heavy atom. The molecule has 3 nitrogen and oxygen atoms in total. The van der Waals surface area contributed by atoms with Crippen LogP contribution in [0.2, 0.25) is 0 Å². The number of hydrogen-bond acceptors (Lipinski definition) is 2. The fourth-order valence-electron chi connectivity index (χ4n) is 4.93. The zero-order valence-corrected chi connectivity index (χ0v) is 23.0. The number of carbonyl (C=O) groups is 1. The first-order valence-corrected chi connectivity index (χ1v) is 13.3. The van der Waals surface area contributed by atoms with Gasteiger partial charge in [-0.3, -0.25) is 0 Å². The Bertz CT molecular complexity index is 452. The smallest absolute Gasteiger partial charge is 0.410 e. The minimum atomic E-state index is -0.225. The predicted octanol–water partition coefficient (Wildman–Crippen LogP) is 9.24. The molecule has 0 heterocycles. The molecule has 0 aromatic carbocycles. The third-order valence-corrected chi connectivity index (χ3v) is 6.27. The molecule has 0 radical (unpaired) electrons. The predicted molar refractivity (Wildman–Crippen MR) is 137 cm³/mol. The highest BCUT2D eigenvalue weighted by atomic mass is 16.6. The van der Waals surface area contributed by atoms with Gasteiger partial charge in [0.25, 0.3) is 0 Å². The zero-order chi connectivity index (χ0) is 24.1. The summed E-state index contributed by atoms with van der Waals surface area (Å²) in [7, 11) is 0. The van der Waals surface area contributed by atoms with E-state index >= 15 is 0 Å². The lowest BCUT2D eigenvalue weighted by molar-refractivity contribution is 0.00244. The van der Waals surface area contributed by atoms with Gasteiger partial charge >= 0.3 is 6.09 Å². The van der Waals surface area contributed by atoms with Crippen LogP contribution < -0.4 is 0 Å². The Labute approximate surface area is 196 Å². The molecule has 0 bridgehead atoms. The van der Waals surface area contributed by atoms with Crippen LogP contribution in [0.3, 0.4) is 0 Å². The number of hydrogen-bond donors (Lipinski definition) is 0. The molecule has 0 aromatic rings. The number of nitrogens with zero attached hydrogens (tertiary/aromatic N) is 1. The fourth-order valence-corrected chi connectivity index (χ4v) is 4.93. The van der Waals surface area contributed by atoms with Crippen LogP contribution in [0, 0.1) is 17.3 Å². The normalized spacial score (nSPS) is 13.7. The number of carbonyl (C=O) groups excluding carboxylic acids is 1. The van der Waals surface area contributed by atoms with E-state index in [2.05, 4.69) is 69.2 Å². The van der Waals surface area contributed by atoms with Crippen LogP contribution >= 0.6 is 0 Å². The average molecular weight is 440 g/mol. The van der Waals surface area contributed by atoms with Gasteiger partial charge in [0.1, 0.15) is 6.10 Å². The Kier molecular flexibility index (Phi) is 14.8. The molecule has 0 saturated heterocycles. The molecule has 1 atom stereocenters. The second-order valence-corrected chi connectivity index (χ2v) is 12.1. The second-order valence-electron chi connectivity index (χ2n) is 12.1. The molecular formula is C28H57NO2. The van der Waals surface area contributed by atoms with Gasteiger partial charge < -0.3 is 9.64 Å². The SMILES string of the molecule is CCCCCCC(CCCCCC)C(C)OC(=O)N(CC(C)C)C(C)(C)CC(C)(C)C. The van der Waals surface area contributed by atoms with Crippen molar-refractivity contribution in [3.63, 3.8) is 0 Å². The largest absolute Gasteiger partial charge is 0.446 e. The van der Waals surface area contributed by atoms with Crippen LogP contribution in [0.25, 0.3) is 0 Å². The van der Waals surface area contributed by atoms with Crippen LogP contribution in [0.15, 0.2) is 0 Å². The summed E-state index contributed by atoms with van der Waals surface area (Å²) in [5.74, 6) is 0.894. The van der Waals surface area contributed by atoms with Crippen LogP contribution in [-0.4, -0.2) is 29.2 Å². The topological polar surface area (TPSA) is 29.5 Å². The standard InChI is InChI=1S/C28H57NO2/c1-11-13-15-17-19-25(20-18-16-14-12-2)24(5)31-26(30)29(21-23(3)4)28(9,10)22-27(6,7)8/h23-25H,11-22H2,1-10H3. The van der Waals surface area contributed by atoms with Gasteiger partial charge in [-0.2, -0.15) is 0 Å². The molecule has 3 heteroatoms. The highest BCUT2D eigenvalue weighted by Gasteiger charge is 2.37. The van der Waals surface area contributed by atoms with E-state index in [0.29, 0.717) is 11.8 Å². The summed E-state index contributed by atoms with van der Waals surface area (Å²) in [5.41, 5.74) is -0.0667. The van der Waals surface area contributed by atoms with Crippen molar-refractivity contribution < 1.29 is 9.53 Å². The van der Waals surface area contributed by atoms with E-state index in [9.17, 15) is 4.79 Å². The molecule has 0 aliphatic heterocycles. The van der Waals surface area contributed by atoms with E-state index in [0.717, 1.165) is 13.0 Å². The lowest BCUT2D eigenvalue weighted by atomic mass is 9.80. The van der Waals surface area contributed by atoms with Gasteiger partial charge in [-0.25, -0.2) is 4.79 Å². The third-order valence-electron chi connectivity index (χ3n) is 6.27. The second kappa shape index (κ2) is 15.2. The lowest BCUT2D eigenvalue weighted by Crippen LogP contribution is -2.52. The molecule has 0 spiro atoms. The molecule has 0 fully saturated rings. The Balaban J connectivity index is 5.22. The van der Waals surface area contributed by atoms with Crippen molar-refractivity contribution in [1.82, 2.24) is 4.90 Å². The molecular weight excluding hydrogens is 382 g/mol. The minimum absolute atomic E-state index is 0.0177. The molecule has 0 aliphatic rings. The van der Waals surface area contributed by atoms with Crippen LogP contribution in [-0.2, 0) is 4.74 Å². The van der Waals surface area contributed by atoms with Gasteiger partial charge in [0.2, 0.25) is 0 Å². The highest BCUT2D eigenvalue weighted by Crippen LogP contribution is 2.33. The molecule has 0 N–H and O–H groups in total. The van der Waals surface area contributed by atoms with Crippen LogP contribution in [0.5, 0.6) is 0 Å². The maximum atomic E-state index is 13.4. The van der Waals surface area contributed by atoms with Crippen molar-refractivity contribution in [2.24, 2.45) is 17.3 Å². The lowest BCUT2D eigenvalue weighted by Gasteiger charge is -2.43. The van der Waals surface area contributed by atoms with Gasteiger partial charge in [-0.05, 0) is 57.3 Å². The Morgan fingerprint density at radius 1 is 0.806 bits per heavy atom. The van der Waals surface area contributed by atoms with Gasteiger partial charge in [-0.15, -0.1) is 0 Å². The summed E-state index contributed by atoms with van der Waals surface area (Å²) in [4.78, 5) is 15.4. The van der Waals surface area contributed by atoms with Gasteiger partial charge in [-0.1, -0.05) is 99.8 Å². The molecule has 186 valence electrons. The maximum absolute atomic E-state index is 13.4. The first-order valence-electron chi connectivity index (χ1n) is 13.3. The highest BCUT2D eigenvalue weighted by molar-refractivity contribution is 5.69. The zero-order valence-electron chi connectivity index (χ0n) is 23.0. The van der Waals surface area contributed by atoms with Crippen LogP contribution in [0.1, 0.15) is 140 Å². The van der Waals surface area contributed by atoms with E-state index in [1.54, 1.807) is 0 Å². The Hall–Kier alpha value is -0.730. The molecule has 0 saturated carbocycles. The van der Waals surface area contributed by atoms with E-state index in [4.69, 9.17) is 4.74 Å². The van der Waals surface area contributed by atoms with Crippen molar-refractivity contribution in [3.05, 3.63) is 0 Å². The van der Waals surface area contributed by atoms with Gasteiger partial charge in [0.15, 0.2) is 0 Å². The van der Waals surface area contributed by atoms with Gasteiger partial charge in [0, 0.05) is 12.1 Å². The number of unbranched alkanes of at least 4 members (excludes halogenated alkanes) is 6. The first kappa shape index (κ1) is 30.3. The monoisotopic (exact) mass is 439 g/mol. The van der Waals surface area contributed by atoms with Crippen LogP contribution in [0.4, 0.5) is 4.79 Å². The van der Waals surface area contributed by atoms with Crippen molar-refractivity contribution in [2.45, 2.75) is 152 Å². The quantitative estimate of drug-likeness (QED) is 0.224. The van der Waals surface area contributed by atoms with E-state index in [1.165, 1.54) is 64.2 Å². The molecule has 1 unspecified atom stereocenters. The number of rotatable bonds is 16. The molecule has 0 rings (SSSR count). The summed E-state index contributed by atoms with van der Waals surface area (Å²) in [6.45, 7) is 22.9. The van der Waals surface area contributed by atoms with E-state index in [1.807, 2.05) is 4.90 Å². The van der Waals surface area contributed by atoms with Gasteiger partial charge in [0.05, 0.1) is 0 Å². The molecule has 0 aromatic heterocycles. The summed E-state index contributed by atoms with van der Waals surface area (Å²) in [5, 5.41) is 0. The maximum Gasteiger partial charge on any atom is 0.410 e. The average Bonchev–Trinajstić information content (AvgIpc) is 2.62. The summed E-state index contributed by atoms with van der Waals surface area (Å²) in [6, 6.07) is 0. The van der Waals surface area contributed by atoms with Crippen molar-refractivity contribution in [2.75, 3.05) is 6.54 Å². The van der Waals surface area contributed by atoms with Crippen molar-refractivity contribution in [1.29, 1.82) is 0 Å². The van der Waals surface area contributed by atoms with Crippen molar-refractivity contribution in [3.8, 4) is 0 Å². The third kappa shape index (κ3) is 14.1. The number of ether oxygens (including phenoxy) is 1. The Morgan fingerprint density at radius 3 is 1.68 bits per heavy atom. The molecule has 31 heavy (non-hydrogen) atoms. The summed E-state index contributed by atoms with van der Waals surface area (Å²) < 4.78 is 6.18. The van der Waals surface area contributed by atoms with Crippen molar-refractivity contribution >= 4 is 6.09 Å². The summed E-state index contributed by atoms with van der Waals surface area (Å²) in [6.07, 6.45) is 13.4. The summed E-state index contributed by atoms with van der Waals surface area (Å²) >= 11 is 0. The molecule has 1 amide bonds. The minimum Gasteiger partial charge on any atom is -0.446 e. The van der Waals surface area contributed by atoms with E-state index < -0.39 is 0 Å². The fraction of sp³-hybridized carbons (Fsp3) is 0.964. The first-order chi connectivity index (χ1) is 14.3. The van der Waals surface area contributed by atoms with E-state index in [-0.39, 0.29) is 23.2 Å². The number of amides is 1. The molecule has 0 aliphatic carbocycles.